The van der Waals surface area contributed by atoms with Gasteiger partial charge < -0.3 is 5.32 Å². The second-order valence-electron chi connectivity index (χ2n) is 3.03. The Morgan fingerprint density at radius 1 is 1.69 bits per heavy atom. The van der Waals surface area contributed by atoms with Crippen molar-refractivity contribution in [2.45, 2.75) is 6.54 Å². The first-order valence-corrected chi connectivity index (χ1v) is 6.36. The number of rotatable bonds is 3. The number of aromatic nitrogens is 4. The lowest BCUT2D eigenvalue weighted by Gasteiger charge is -2.01. The van der Waals surface area contributed by atoms with Gasteiger partial charge in [0.1, 0.15) is 0 Å². The summed E-state index contributed by atoms with van der Waals surface area (Å²) in [7, 11) is 1.73. The Morgan fingerprint density at radius 2 is 2.50 bits per heavy atom. The Morgan fingerprint density at radius 3 is 3.06 bits per heavy atom. The van der Waals surface area contributed by atoms with Crippen LogP contribution in [-0.4, -0.2) is 26.1 Å². The van der Waals surface area contributed by atoms with Gasteiger partial charge in [-0.05, 0) is 39.1 Å². The molecule has 0 atom stereocenters. The molecule has 0 radical (unpaired) electrons. The van der Waals surface area contributed by atoms with Crippen LogP contribution in [-0.2, 0) is 13.6 Å². The van der Waals surface area contributed by atoms with E-state index in [1.54, 1.807) is 7.05 Å². The Bertz CT molecular complexity index is 508. The molecule has 0 aromatic carbocycles. The first-order valence-electron chi connectivity index (χ1n) is 4.40. The van der Waals surface area contributed by atoms with E-state index < -0.39 is 0 Å². The van der Waals surface area contributed by atoms with Crippen molar-refractivity contribution in [1.29, 1.82) is 0 Å². The van der Waals surface area contributed by atoms with Crippen LogP contribution in [0.2, 0.25) is 0 Å². The number of nitrogens with one attached hydrogen (secondary N) is 1. The highest BCUT2D eigenvalue weighted by Crippen LogP contribution is 2.16. The molecule has 0 saturated carbocycles. The summed E-state index contributed by atoms with van der Waals surface area (Å²) in [5, 5.41) is 15.6. The van der Waals surface area contributed by atoms with Crippen LogP contribution >= 0.6 is 33.9 Å². The third kappa shape index (κ3) is 2.55. The maximum absolute atomic E-state index is 11.7. The molecule has 8 heteroatoms. The average molecular weight is 349 g/mol. The number of carbonyl (C=O) groups excluding carboxylic acids is 1. The van der Waals surface area contributed by atoms with Crippen LogP contribution in [0.3, 0.4) is 0 Å². The molecule has 0 aliphatic heterocycles. The van der Waals surface area contributed by atoms with E-state index in [4.69, 9.17) is 0 Å². The Balaban J connectivity index is 1.96. The van der Waals surface area contributed by atoms with Gasteiger partial charge >= 0.3 is 0 Å². The van der Waals surface area contributed by atoms with Crippen LogP contribution in [0, 0.1) is 3.57 Å². The molecule has 1 amide bonds. The van der Waals surface area contributed by atoms with Crippen molar-refractivity contribution in [2.24, 2.45) is 7.05 Å². The fraction of sp³-hybridized carbons (Fsp3) is 0.250. The number of tetrazole rings is 1. The van der Waals surface area contributed by atoms with Gasteiger partial charge in [-0.25, -0.2) is 4.68 Å². The van der Waals surface area contributed by atoms with Crippen molar-refractivity contribution in [3.8, 4) is 0 Å². The van der Waals surface area contributed by atoms with Gasteiger partial charge in [0.05, 0.1) is 11.4 Å². The lowest BCUT2D eigenvalue weighted by Crippen LogP contribution is -2.23. The van der Waals surface area contributed by atoms with Gasteiger partial charge in [-0.2, -0.15) is 0 Å². The molecule has 0 aliphatic carbocycles. The standard InChI is InChI=1S/C8H8IN5OS/c1-14-7(11-12-13-14)3-10-8(15)6-2-5(9)4-16-6/h2,4H,3H2,1H3,(H,10,15). The van der Waals surface area contributed by atoms with Crippen molar-refractivity contribution in [2.75, 3.05) is 0 Å². The van der Waals surface area contributed by atoms with E-state index in [-0.39, 0.29) is 5.91 Å². The molecule has 2 aromatic heterocycles. The van der Waals surface area contributed by atoms with Crippen molar-refractivity contribution in [3.05, 3.63) is 25.7 Å². The van der Waals surface area contributed by atoms with E-state index in [1.807, 2.05) is 11.4 Å². The largest absolute Gasteiger partial charge is 0.344 e. The third-order valence-electron chi connectivity index (χ3n) is 1.91. The summed E-state index contributed by atoms with van der Waals surface area (Å²) in [6.45, 7) is 0.330. The van der Waals surface area contributed by atoms with Crippen LogP contribution in [0.5, 0.6) is 0 Å². The normalized spacial score (nSPS) is 10.4. The van der Waals surface area contributed by atoms with Crippen molar-refractivity contribution >= 4 is 39.8 Å². The highest BCUT2D eigenvalue weighted by atomic mass is 127. The summed E-state index contributed by atoms with van der Waals surface area (Å²) in [5.41, 5.74) is 0. The number of carbonyl (C=O) groups is 1. The number of halogens is 1. The Kier molecular flexibility index (Phi) is 3.49. The van der Waals surface area contributed by atoms with Gasteiger partial charge in [-0.3, -0.25) is 4.79 Å². The van der Waals surface area contributed by atoms with E-state index in [0.717, 1.165) is 3.57 Å². The van der Waals surface area contributed by atoms with Gasteiger partial charge in [0.15, 0.2) is 5.82 Å². The van der Waals surface area contributed by atoms with Gasteiger partial charge in [0.25, 0.3) is 5.91 Å². The quantitative estimate of drug-likeness (QED) is 0.833. The third-order valence-corrected chi connectivity index (χ3v) is 3.88. The summed E-state index contributed by atoms with van der Waals surface area (Å²) in [6.07, 6.45) is 0. The topological polar surface area (TPSA) is 72.7 Å². The zero-order chi connectivity index (χ0) is 11.5. The number of nitrogens with zero attached hydrogens (tertiary/aromatic N) is 4. The summed E-state index contributed by atoms with van der Waals surface area (Å²) < 4.78 is 2.59. The molecule has 2 aromatic rings. The van der Waals surface area contributed by atoms with Crippen LogP contribution < -0.4 is 5.32 Å². The molecule has 2 heterocycles. The molecule has 0 fully saturated rings. The number of thiophene rings is 1. The lowest BCUT2D eigenvalue weighted by molar-refractivity contribution is 0.0953. The van der Waals surface area contributed by atoms with E-state index in [9.17, 15) is 4.79 Å². The van der Waals surface area contributed by atoms with E-state index in [2.05, 4.69) is 43.4 Å². The molecule has 16 heavy (non-hydrogen) atoms. The van der Waals surface area contributed by atoms with Crippen molar-refractivity contribution in [1.82, 2.24) is 25.5 Å². The van der Waals surface area contributed by atoms with Crippen LogP contribution in [0.25, 0.3) is 0 Å². The minimum Gasteiger partial charge on any atom is -0.344 e. The van der Waals surface area contributed by atoms with Crippen molar-refractivity contribution < 1.29 is 4.79 Å². The number of amides is 1. The highest BCUT2D eigenvalue weighted by molar-refractivity contribution is 14.1. The molecular formula is C8H8IN5OS. The molecule has 1 N–H and O–H groups in total. The molecule has 0 saturated heterocycles. The van der Waals surface area contributed by atoms with Gasteiger partial charge in [-0.1, -0.05) is 0 Å². The molecule has 84 valence electrons. The molecule has 2 rings (SSSR count). The minimum absolute atomic E-state index is 0.101. The van der Waals surface area contributed by atoms with Gasteiger partial charge in [-0.15, -0.1) is 16.4 Å². The number of aryl methyl sites for hydroxylation is 1. The SMILES string of the molecule is Cn1nnnc1CNC(=O)c1cc(I)cs1. The predicted octanol–water partition coefficient (Wildman–Crippen LogP) is 0.806. The number of hydrogen-bond acceptors (Lipinski definition) is 5. The summed E-state index contributed by atoms with van der Waals surface area (Å²) >= 11 is 3.59. The van der Waals surface area contributed by atoms with E-state index >= 15 is 0 Å². The predicted molar refractivity (Wildman–Crippen MR) is 67.0 cm³/mol. The maximum Gasteiger partial charge on any atom is 0.261 e. The zero-order valence-electron chi connectivity index (χ0n) is 8.35. The minimum atomic E-state index is -0.101. The Hall–Kier alpha value is -1.03. The monoisotopic (exact) mass is 349 g/mol. The summed E-state index contributed by atoms with van der Waals surface area (Å²) in [4.78, 5) is 12.4. The highest BCUT2D eigenvalue weighted by Gasteiger charge is 2.09. The van der Waals surface area contributed by atoms with Gasteiger partial charge in [0, 0.05) is 16.0 Å². The second kappa shape index (κ2) is 4.87. The molecule has 0 unspecified atom stereocenters. The van der Waals surface area contributed by atoms with E-state index in [0.29, 0.717) is 17.2 Å². The smallest absolute Gasteiger partial charge is 0.261 e. The van der Waals surface area contributed by atoms with Crippen LogP contribution in [0.1, 0.15) is 15.5 Å². The van der Waals surface area contributed by atoms with Crippen molar-refractivity contribution in [3.63, 3.8) is 0 Å². The number of hydrogen-bond donors (Lipinski definition) is 1. The molecular weight excluding hydrogens is 341 g/mol. The molecule has 0 bridgehead atoms. The van der Waals surface area contributed by atoms with Crippen LogP contribution in [0.4, 0.5) is 0 Å². The summed E-state index contributed by atoms with van der Waals surface area (Å²) in [6, 6.07) is 1.84. The Labute approximate surface area is 109 Å². The average Bonchev–Trinajstić information content (AvgIpc) is 2.84. The first-order chi connectivity index (χ1) is 7.66. The lowest BCUT2D eigenvalue weighted by atomic mass is 10.4. The fourth-order valence-electron chi connectivity index (χ4n) is 1.08. The maximum atomic E-state index is 11.7. The zero-order valence-corrected chi connectivity index (χ0v) is 11.3. The fourth-order valence-corrected chi connectivity index (χ4v) is 2.66. The van der Waals surface area contributed by atoms with E-state index in [1.165, 1.54) is 16.0 Å². The second-order valence-corrected chi connectivity index (χ2v) is 5.19. The van der Waals surface area contributed by atoms with Crippen LogP contribution in [0.15, 0.2) is 11.4 Å². The molecule has 0 aliphatic rings. The molecule has 0 spiro atoms. The first kappa shape index (κ1) is 11.5. The molecule has 6 nitrogen and oxygen atoms in total. The summed E-state index contributed by atoms with van der Waals surface area (Å²) in [5.74, 6) is 0.524. The van der Waals surface area contributed by atoms with Gasteiger partial charge in [0.2, 0.25) is 0 Å².